The van der Waals surface area contributed by atoms with Gasteiger partial charge in [0.05, 0.1) is 4.92 Å². The number of carbonyl (C=O) groups excluding carboxylic acids is 1. The number of para-hydroxylation sites is 1. The molecule has 1 saturated heterocycles. The van der Waals surface area contributed by atoms with E-state index in [4.69, 9.17) is 0 Å². The Balaban J connectivity index is 2.44. The molecule has 0 aromatic heterocycles. The first-order valence-electron chi connectivity index (χ1n) is 6.32. The van der Waals surface area contributed by atoms with E-state index >= 15 is 0 Å². The number of rotatable bonds is 4. The maximum Gasteiger partial charge on any atom is 0.310 e. The second-order valence-corrected chi connectivity index (χ2v) is 6.80. The van der Waals surface area contributed by atoms with Crippen LogP contribution < -0.4 is 10.6 Å². The Morgan fingerprint density at radius 2 is 2.14 bits per heavy atom. The van der Waals surface area contributed by atoms with Crippen LogP contribution in [0.1, 0.15) is 12.8 Å². The Kier molecular flexibility index (Phi) is 4.12. The minimum Gasteiger partial charge on any atom is -0.368 e. The number of nitrogens with zero attached hydrogens (tertiary/aromatic N) is 1. The Hall–Kier alpha value is -2.16. The van der Waals surface area contributed by atoms with Crippen LogP contribution in [-0.2, 0) is 14.6 Å². The van der Waals surface area contributed by atoms with Gasteiger partial charge in [-0.05, 0) is 25.0 Å². The van der Waals surface area contributed by atoms with E-state index in [0.29, 0.717) is 13.0 Å². The lowest BCUT2D eigenvalue weighted by Crippen LogP contribution is -2.44. The maximum atomic E-state index is 11.7. The number of piperidine rings is 1. The van der Waals surface area contributed by atoms with E-state index in [2.05, 4.69) is 10.6 Å². The third kappa shape index (κ3) is 3.30. The lowest BCUT2D eigenvalue weighted by atomic mass is 10.1. The molecule has 0 spiro atoms. The smallest absolute Gasteiger partial charge is 0.310 e. The fourth-order valence-corrected chi connectivity index (χ4v) is 3.09. The van der Waals surface area contributed by atoms with Gasteiger partial charge in [-0.2, -0.15) is 0 Å². The number of nitrogens with one attached hydrogen (secondary N) is 2. The van der Waals surface area contributed by atoms with Gasteiger partial charge in [0.15, 0.2) is 9.84 Å². The van der Waals surface area contributed by atoms with Crippen LogP contribution in [0.4, 0.5) is 11.4 Å². The van der Waals surface area contributed by atoms with Crippen LogP contribution >= 0.6 is 0 Å². The first-order valence-corrected chi connectivity index (χ1v) is 8.21. The summed E-state index contributed by atoms with van der Waals surface area (Å²) in [6.07, 6.45) is 2.20. The van der Waals surface area contributed by atoms with Crippen molar-refractivity contribution in [2.45, 2.75) is 23.8 Å². The molecule has 1 aromatic rings. The van der Waals surface area contributed by atoms with E-state index in [0.717, 1.165) is 12.7 Å². The summed E-state index contributed by atoms with van der Waals surface area (Å²) < 4.78 is 23.3. The quantitative estimate of drug-likeness (QED) is 0.623. The Bertz CT molecular complexity index is 686. The van der Waals surface area contributed by atoms with Crippen LogP contribution in [0.5, 0.6) is 0 Å². The Morgan fingerprint density at radius 1 is 1.43 bits per heavy atom. The molecule has 9 heteroatoms. The van der Waals surface area contributed by atoms with Gasteiger partial charge >= 0.3 is 5.69 Å². The minimum absolute atomic E-state index is 0.0324. The van der Waals surface area contributed by atoms with Crippen molar-refractivity contribution in [2.75, 3.05) is 18.1 Å². The number of amides is 1. The normalized spacial score (nSPS) is 18.9. The van der Waals surface area contributed by atoms with Crippen molar-refractivity contribution in [1.82, 2.24) is 5.32 Å². The lowest BCUT2D eigenvalue weighted by molar-refractivity contribution is -0.386. The van der Waals surface area contributed by atoms with E-state index in [1.165, 1.54) is 18.2 Å². The summed E-state index contributed by atoms with van der Waals surface area (Å²) in [5, 5.41) is 16.6. The second-order valence-electron chi connectivity index (χ2n) is 4.81. The number of hydrogen-bond acceptors (Lipinski definition) is 6. The van der Waals surface area contributed by atoms with Gasteiger partial charge < -0.3 is 10.6 Å². The van der Waals surface area contributed by atoms with E-state index in [1.807, 2.05) is 0 Å². The monoisotopic (exact) mass is 313 g/mol. The van der Waals surface area contributed by atoms with Crippen molar-refractivity contribution in [3.63, 3.8) is 0 Å². The molecular formula is C12H15N3O5S. The highest BCUT2D eigenvalue weighted by atomic mass is 32.2. The molecule has 1 fully saturated rings. The van der Waals surface area contributed by atoms with Gasteiger partial charge in [0.2, 0.25) is 5.91 Å². The van der Waals surface area contributed by atoms with Crippen molar-refractivity contribution in [2.24, 2.45) is 0 Å². The molecule has 0 bridgehead atoms. The third-order valence-corrected chi connectivity index (χ3v) is 4.32. The predicted molar refractivity (Wildman–Crippen MR) is 75.9 cm³/mol. The molecule has 1 aliphatic heterocycles. The second kappa shape index (κ2) is 5.68. The molecule has 1 atom stereocenters. The van der Waals surface area contributed by atoms with Gasteiger partial charge in [-0.15, -0.1) is 0 Å². The van der Waals surface area contributed by atoms with Gasteiger partial charge in [0.25, 0.3) is 0 Å². The van der Waals surface area contributed by atoms with Crippen LogP contribution in [0.15, 0.2) is 23.1 Å². The maximum absolute atomic E-state index is 11.7. The van der Waals surface area contributed by atoms with Crippen LogP contribution in [-0.4, -0.2) is 38.1 Å². The number of carbonyl (C=O) groups is 1. The molecule has 0 aliphatic carbocycles. The average molecular weight is 313 g/mol. The van der Waals surface area contributed by atoms with Crippen molar-refractivity contribution in [1.29, 1.82) is 0 Å². The van der Waals surface area contributed by atoms with Crippen molar-refractivity contribution < 1.29 is 18.1 Å². The summed E-state index contributed by atoms with van der Waals surface area (Å²) in [4.78, 5) is 21.8. The average Bonchev–Trinajstić information content (AvgIpc) is 2.40. The number of sulfone groups is 1. The molecule has 2 N–H and O–H groups in total. The molecule has 21 heavy (non-hydrogen) atoms. The predicted octanol–water partition coefficient (Wildman–Crippen LogP) is 0.689. The Morgan fingerprint density at radius 3 is 2.71 bits per heavy atom. The summed E-state index contributed by atoms with van der Waals surface area (Å²) in [6.45, 7) is 0.572. The van der Waals surface area contributed by atoms with E-state index < -0.39 is 26.5 Å². The molecule has 1 amide bonds. The molecule has 0 saturated carbocycles. The zero-order valence-corrected chi connectivity index (χ0v) is 12.1. The summed E-state index contributed by atoms with van der Waals surface area (Å²) >= 11 is 0. The Labute approximate surface area is 121 Å². The molecule has 0 radical (unpaired) electrons. The summed E-state index contributed by atoms with van der Waals surface area (Å²) in [5.41, 5.74) is -0.497. The van der Waals surface area contributed by atoms with Crippen molar-refractivity contribution in [3.05, 3.63) is 28.3 Å². The molecular weight excluding hydrogens is 298 g/mol. The van der Waals surface area contributed by atoms with Crippen LogP contribution in [0, 0.1) is 10.1 Å². The molecule has 1 unspecified atom stereocenters. The fraction of sp³-hybridized carbons (Fsp3) is 0.417. The number of anilines is 1. The van der Waals surface area contributed by atoms with Crippen LogP contribution in [0.3, 0.4) is 0 Å². The number of nitro groups is 1. The number of hydrogen-bond donors (Lipinski definition) is 2. The van der Waals surface area contributed by atoms with Crippen molar-refractivity contribution >= 4 is 27.1 Å². The molecule has 1 heterocycles. The van der Waals surface area contributed by atoms with Gasteiger partial charge in [-0.1, -0.05) is 6.07 Å². The van der Waals surface area contributed by atoms with E-state index in [9.17, 15) is 23.3 Å². The molecule has 1 aromatic carbocycles. The lowest BCUT2D eigenvalue weighted by Gasteiger charge is -2.23. The van der Waals surface area contributed by atoms with Gasteiger partial charge in [-0.25, -0.2) is 8.42 Å². The van der Waals surface area contributed by atoms with Crippen LogP contribution in [0.25, 0.3) is 0 Å². The molecule has 8 nitrogen and oxygen atoms in total. The summed E-state index contributed by atoms with van der Waals surface area (Å²) in [6, 6.07) is 3.38. The third-order valence-electron chi connectivity index (χ3n) is 3.20. The zero-order chi connectivity index (χ0) is 15.6. The van der Waals surface area contributed by atoms with Gasteiger partial charge in [-0.3, -0.25) is 14.9 Å². The largest absolute Gasteiger partial charge is 0.368 e. The SMILES string of the molecule is CS(=O)(=O)c1cccc(NC2CCCNC2=O)c1[N+](=O)[O-]. The molecule has 2 rings (SSSR count). The first-order chi connectivity index (χ1) is 9.80. The van der Waals surface area contributed by atoms with Crippen molar-refractivity contribution in [3.8, 4) is 0 Å². The number of nitro benzene ring substituents is 1. The van der Waals surface area contributed by atoms with Gasteiger partial charge in [0.1, 0.15) is 16.6 Å². The highest BCUT2D eigenvalue weighted by molar-refractivity contribution is 7.90. The minimum atomic E-state index is -3.74. The highest BCUT2D eigenvalue weighted by Crippen LogP contribution is 2.32. The molecule has 114 valence electrons. The van der Waals surface area contributed by atoms with E-state index in [1.54, 1.807) is 0 Å². The topological polar surface area (TPSA) is 118 Å². The van der Waals surface area contributed by atoms with E-state index in [-0.39, 0.29) is 16.5 Å². The summed E-state index contributed by atoms with van der Waals surface area (Å²) in [7, 11) is -3.74. The zero-order valence-electron chi connectivity index (χ0n) is 11.3. The van der Waals surface area contributed by atoms with Gasteiger partial charge in [0, 0.05) is 12.8 Å². The standard InChI is InChI=1S/C12H15N3O5S/c1-21(19,20)10-6-2-4-8(11(10)15(17)18)14-9-5-3-7-13-12(9)16/h2,4,6,9,14H,3,5,7H2,1H3,(H,13,16). The number of benzene rings is 1. The fourth-order valence-electron chi connectivity index (χ4n) is 2.22. The summed E-state index contributed by atoms with van der Waals surface area (Å²) in [5.74, 6) is -0.250. The first kappa shape index (κ1) is 15.2. The highest BCUT2D eigenvalue weighted by Gasteiger charge is 2.29. The molecule has 1 aliphatic rings. The van der Waals surface area contributed by atoms with Crippen LogP contribution in [0.2, 0.25) is 0 Å².